The van der Waals surface area contributed by atoms with E-state index in [2.05, 4.69) is 23.3 Å². The number of carbonyl (C=O) groups excluding carboxylic acids is 1. The number of hydrogen-bond donors (Lipinski definition) is 2. The van der Waals surface area contributed by atoms with Gasteiger partial charge in [-0.05, 0) is 36.6 Å². The average Bonchev–Trinajstić information content (AvgIpc) is 2.40. The highest BCUT2D eigenvalue weighted by Gasteiger charge is 2.05. The molecule has 0 fully saturated rings. The second-order valence-corrected chi connectivity index (χ2v) is 4.45. The number of anilines is 2. The maximum Gasteiger partial charge on any atom is 0.225 e. The Bertz CT molecular complexity index is 564. The average molecular weight is 255 g/mol. The second-order valence-electron chi connectivity index (χ2n) is 4.45. The van der Waals surface area contributed by atoms with Crippen LogP contribution in [-0.2, 0) is 11.2 Å². The summed E-state index contributed by atoms with van der Waals surface area (Å²) in [4.78, 5) is 15.8. The van der Waals surface area contributed by atoms with Crippen LogP contribution in [0.25, 0.3) is 0 Å². The Hall–Kier alpha value is -2.36. The lowest BCUT2D eigenvalue weighted by Gasteiger charge is -2.06. The van der Waals surface area contributed by atoms with Gasteiger partial charge in [-0.15, -0.1) is 0 Å². The zero-order valence-electron chi connectivity index (χ0n) is 10.9. The monoisotopic (exact) mass is 255 g/mol. The van der Waals surface area contributed by atoms with Crippen molar-refractivity contribution in [1.29, 1.82) is 0 Å². The standard InChI is InChI=1S/C15H17N3O/c1-11-4-2-3-5-12(11)6-9-15(19)18-14-8-7-13(16)10-17-14/h2-5,7-8,10H,6,9,16H2,1H3,(H,17,18,19). The van der Waals surface area contributed by atoms with E-state index in [9.17, 15) is 4.79 Å². The predicted octanol–water partition coefficient (Wildman–Crippen LogP) is 2.54. The van der Waals surface area contributed by atoms with Gasteiger partial charge in [-0.25, -0.2) is 4.98 Å². The Kier molecular flexibility index (Phi) is 4.13. The number of pyridine rings is 1. The second kappa shape index (κ2) is 6.00. The first-order valence-electron chi connectivity index (χ1n) is 6.21. The zero-order valence-corrected chi connectivity index (χ0v) is 10.9. The molecule has 19 heavy (non-hydrogen) atoms. The van der Waals surface area contributed by atoms with Crippen LogP contribution in [0.3, 0.4) is 0 Å². The number of nitrogens with zero attached hydrogens (tertiary/aromatic N) is 1. The number of amides is 1. The summed E-state index contributed by atoms with van der Waals surface area (Å²) in [6.45, 7) is 2.05. The number of benzene rings is 1. The van der Waals surface area contributed by atoms with Crippen LogP contribution in [0.2, 0.25) is 0 Å². The molecule has 0 saturated heterocycles. The van der Waals surface area contributed by atoms with E-state index in [1.165, 1.54) is 17.3 Å². The first-order chi connectivity index (χ1) is 9.15. The summed E-state index contributed by atoms with van der Waals surface area (Å²) in [6, 6.07) is 11.5. The third kappa shape index (κ3) is 3.81. The minimum Gasteiger partial charge on any atom is -0.397 e. The van der Waals surface area contributed by atoms with Crippen molar-refractivity contribution in [2.45, 2.75) is 19.8 Å². The molecule has 0 unspecified atom stereocenters. The van der Waals surface area contributed by atoms with Crippen LogP contribution >= 0.6 is 0 Å². The summed E-state index contributed by atoms with van der Waals surface area (Å²) in [5.41, 5.74) is 8.52. The predicted molar refractivity (Wildman–Crippen MR) is 76.8 cm³/mol. The highest BCUT2D eigenvalue weighted by molar-refractivity contribution is 5.89. The fraction of sp³-hybridized carbons (Fsp3) is 0.200. The third-order valence-corrected chi connectivity index (χ3v) is 2.94. The molecule has 2 rings (SSSR count). The fourth-order valence-electron chi connectivity index (χ4n) is 1.82. The Morgan fingerprint density at radius 2 is 2.05 bits per heavy atom. The van der Waals surface area contributed by atoms with Crippen molar-refractivity contribution in [3.8, 4) is 0 Å². The van der Waals surface area contributed by atoms with E-state index in [0.717, 1.165) is 6.42 Å². The minimum absolute atomic E-state index is 0.0412. The van der Waals surface area contributed by atoms with Crippen LogP contribution in [0, 0.1) is 6.92 Å². The smallest absolute Gasteiger partial charge is 0.225 e. The van der Waals surface area contributed by atoms with Gasteiger partial charge in [0.25, 0.3) is 0 Å². The van der Waals surface area contributed by atoms with E-state index in [1.54, 1.807) is 12.1 Å². The van der Waals surface area contributed by atoms with E-state index in [1.807, 2.05) is 18.2 Å². The molecular formula is C15H17N3O. The normalized spacial score (nSPS) is 10.2. The van der Waals surface area contributed by atoms with Gasteiger partial charge in [0.15, 0.2) is 0 Å². The summed E-state index contributed by atoms with van der Waals surface area (Å²) in [5.74, 6) is 0.490. The lowest BCUT2D eigenvalue weighted by molar-refractivity contribution is -0.116. The molecule has 1 amide bonds. The van der Waals surface area contributed by atoms with Gasteiger partial charge in [-0.3, -0.25) is 4.79 Å². The molecule has 0 aliphatic rings. The summed E-state index contributed by atoms with van der Waals surface area (Å²) in [7, 11) is 0. The van der Waals surface area contributed by atoms with Crippen molar-refractivity contribution < 1.29 is 4.79 Å². The molecule has 3 N–H and O–H groups in total. The number of hydrogen-bond acceptors (Lipinski definition) is 3. The number of nitrogen functional groups attached to an aromatic ring is 1. The molecule has 1 aromatic heterocycles. The molecule has 0 atom stereocenters. The summed E-state index contributed by atoms with van der Waals surface area (Å²) < 4.78 is 0. The van der Waals surface area contributed by atoms with Gasteiger partial charge >= 0.3 is 0 Å². The maximum atomic E-state index is 11.8. The van der Waals surface area contributed by atoms with E-state index >= 15 is 0 Å². The Morgan fingerprint density at radius 3 is 2.74 bits per heavy atom. The molecule has 0 saturated carbocycles. The van der Waals surface area contributed by atoms with Gasteiger partial charge in [-0.2, -0.15) is 0 Å². The van der Waals surface area contributed by atoms with Gasteiger partial charge in [0.05, 0.1) is 11.9 Å². The highest BCUT2D eigenvalue weighted by Crippen LogP contribution is 2.11. The minimum atomic E-state index is -0.0412. The van der Waals surface area contributed by atoms with Crippen LogP contribution in [0.1, 0.15) is 17.5 Å². The topological polar surface area (TPSA) is 68.0 Å². The van der Waals surface area contributed by atoms with Crippen molar-refractivity contribution in [3.05, 3.63) is 53.7 Å². The molecule has 0 aliphatic carbocycles. The van der Waals surface area contributed by atoms with Gasteiger partial charge in [0, 0.05) is 6.42 Å². The first-order valence-corrected chi connectivity index (χ1v) is 6.21. The molecule has 1 heterocycles. The van der Waals surface area contributed by atoms with Gasteiger partial charge in [-0.1, -0.05) is 24.3 Å². The van der Waals surface area contributed by atoms with Gasteiger partial charge in [0.2, 0.25) is 5.91 Å². The van der Waals surface area contributed by atoms with Crippen molar-refractivity contribution in [2.24, 2.45) is 0 Å². The van der Waals surface area contributed by atoms with Gasteiger partial charge in [0.1, 0.15) is 5.82 Å². The quantitative estimate of drug-likeness (QED) is 0.882. The number of nitrogens with two attached hydrogens (primary N) is 1. The number of nitrogens with one attached hydrogen (secondary N) is 1. The number of carbonyl (C=O) groups is 1. The third-order valence-electron chi connectivity index (χ3n) is 2.94. The molecule has 4 heteroatoms. The Morgan fingerprint density at radius 1 is 1.26 bits per heavy atom. The van der Waals surface area contributed by atoms with Crippen molar-refractivity contribution in [3.63, 3.8) is 0 Å². The van der Waals surface area contributed by atoms with Crippen LogP contribution in [-0.4, -0.2) is 10.9 Å². The molecule has 98 valence electrons. The number of rotatable bonds is 4. The van der Waals surface area contributed by atoms with Crippen molar-refractivity contribution >= 4 is 17.4 Å². The SMILES string of the molecule is Cc1ccccc1CCC(=O)Nc1ccc(N)cn1. The van der Waals surface area contributed by atoms with E-state index in [4.69, 9.17) is 5.73 Å². The first kappa shape index (κ1) is 13.1. The van der Waals surface area contributed by atoms with E-state index in [0.29, 0.717) is 17.9 Å². The molecule has 0 aliphatic heterocycles. The van der Waals surface area contributed by atoms with Crippen LogP contribution in [0.4, 0.5) is 11.5 Å². The summed E-state index contributed by atoms with van der Waals surface area (Å²) in [5, 5.41) is 2.75. The van der Waals surface area contributed by atoms with Crippen LogP contribution in [0.15, 0.2) is 42.6 Å². The molecule has 0 spiro atoms. The molecule has 2 aromatic rings. The fourth-order valence-corrected chi connectivity index (χ4v) is 1.82. The summed E-state index contributed by atoms with van der Waals surface area (Å²) in [6.07, 6.45) is 2.70. The maximum absolute atomic E-state index is 11.8. The molecule has 1 aromatic carbocycles. The molecule has 0 bridgehead atoms. The molecule has 4 nitrogen and oxygen atoms in total. The molecule has 0 radical (unpaired) electrons. The Labute approximate surface area is 112 Å². The van der Waals surface area contributed by atoms with Crippen LogP contribution in [0.5, 0.6) is 0 Å². The Balaban J connectivity index is 1.88. The summed E-state index contributed by atoms with van der Waals surface area (Å²) >= 11 is 0. The largest absolute Gasteiger partial charge is 0.397 e. The van der Waals surface area contributed by atoms with Crippen molar-refractivity contribution in [1.82, 2.24) is 4.98 Å². The lowest BCUT2D eigenvalue weighted by Crippen LogP contribution is -2.13. The van der Waals surface area contributed by atoms with E-state index < -0.39 is 0 Å². The highest BCUT2D eigenvalue weighted by atomic mass is 16.1. The van der Waals surface area contributed by atoms with Gasteiger partial charge < -0.3 is 11.1 Å². The number of aromatic nitrogens is 1. The van der Waals surface area contributed by atoms with E-state index in [-0.39, 0.29) is 5.91 Å². The zero-order chi connectivity index (χ0) is 13.7. The van der Waals surface area contributed by atoms with Crippen LogP contribution < -0.4 is 11.1 Å². The van der Waals surface area contributed by atoms with Crippen molar-refractivity contribution in [2.75, 3.05) is 11.1 Å². The lowest BCUT2D eigenvalue weighted by atomic mass is 10.0. The number of aryl methyl sites for hydroxylation is 2. The molecular weight excluding hydrogens is 238 g/mol.